The van der Waals surface area contributed by atoms with E-state index < -0.39 is 0 Å². The molecule has 0 aliphatic carbocycles. The van der Waals surface area contributed by atoms with Gasteiger partial charge in [0.05, 0.1) is 5.69 Å². The van der Waals surface area contributed by atoms with Crippen molar-refractivity contribution in [2.75, 3.05) is 18.2 Å². The summed E-state index contributed by atoms with van der Waals surface area (Å²) in [7, 11) is 0. The lowest BCUT2D eigenvalue weighted by Gasteiger charge is -2.27. The Hall–Kier alpha value is -2.33. The molecule has 1 saturated heterocycles. The fourth-order valence-corrected chi connectivity index (χ4v) is 2.34. The Morgan fingerprint density at radius 1 is 1.21 bits per heavy atom. The number of anilines is 1. The van der Waals surface area contributed by atoms with Crippen LogP contribution in [0.4, 0.5) is 11.4 Å². The third kappa shape index (κ3) is 2.06. The number of fused-ring (bicyclic) bond motifs is 1. The van der Waals surface area contributed by atoms with Crippen molar-refractivity contribution in [1.82, 2.24) is 0 Å². The highest BCUT2D eigenvalue weighted by molar-refractivity contribution is 5.97. The van der Waals surface area contributed by atoms with Crippen LogP contribution in [0.25, 0.3) is 0 Å². The van der Waals surface area contributed by atoms with Gasteiger partial charge in [-0.3, -0.25) is 4.79 Å². The van der Waals surface area contributed by atoms with Crippen molar-refractivity contribution in [2.24, 2.45) is 4.99 Å². The molecule has 0 saturated carbocycles. The topological polar surface area (TPSA) is 68.2 Å². The molecule has 2 heterocycles. The highest BCUT2D eigenvalue weighted by Gasteiger charge is 2.25. The molecule has 19 heavy (non-hydrogen) atoms. The molecule has 0 bridgehead atoms. The molecule has 1 aromatic carbocycles. The van der Waals surface area contributed by atoms with E-state index >= 15 is 0 Å². The molecule has 0 aromatic heterocycles. The molecule has 1 fully saturated rings. The van der Waals surface area contributed by atoms with Crippen LogP contribution in [0.3, 0.4) is 0 Å². The summed E-state index contributed by atoms with van der Waals surface area (Å²) in [4.78, 5) is 27.8. The largest absolute Gasteiger partial charge is 0.454 e. The Labute approximate surface area is 109 Å². The normalized spacial score (nSPS) is 17.3. The van der Waals surface area contributed by atoms with Gasteiger partial charge >= 0.3 is 0 Å². The molecule has 2 aliphatic rings. The Bertz CT molecular complexity index is 578. The number of carbonyl (C=O) groups is 1. The Kier molecular flexibility index (Phi) is 2.93. The number of ether oxygens (including phenoxy) is 2. The first-order valence-electron chi connectivity index (χ1n) is 6.11. The van der Waals surface area contributed by atoms with Gasteiger partial charge < -0.3 is 14.4 Å². The summed E-state index contributed by atoms with van der Waals surface area (Å²) in [6.45, 7) is 0.761. The van der Waals surface area contributed by atoms with Crippen LogP contribution >= 0.6 is 0 Å². The summed E-state index contributed by atoms with van der Waals surface area (Å²) in [5.74, 6) is 1.13. The monoisotopic (exact) mass is 260 g/mol. The van der Waals surface area contributed by atoms with Gasteiger partial charge in [0.1, 0.15) is 5.69 Å². The molecule has 6 nitrogen and oxygen atoms in total. The molecule has 0 unspecified atom stereocenters. The van der Waals surface area contributed by atoms with Gasteiger partial charge in [-0.2, -0.15) is 4.99 Å². The average molecular weight is 260 g/mol. The van der Waals surface area contributed by atoms with Crippen molar-refractivity contribution in [2.45, 2.75) is 19.3 Å². The zero-order valence-electron chi connectivity index (χ0n) is 10.2. The fourth-order valence-electron chi connectivity index (χ4n) is 2.34. The summed E-state index contributed by atoms with van der Waals surface area (Å²) >= 11 is 0. The van der Waals surface area contributed by atoms with E-state index in [0.717, 1.165) is 12.8 Å². The number of hydrogen-bond acceptors (Lipinski definition) is 5. The number of hydrogen-bond donors (Lipinski definition) is 0. The predicted molar refractivity (Wildman–Crippen MR) is 66.6 cm³/mol. The molecule has 1 aromatic rings. The number of isocyanates is 1. The first-order chi connectivity index (χ1) is 9.29. The summed E-state index contributed by atoms with van der Waals surface area (Å²) in [5.41, 5.74) is 0.965. The highest BCUT2D eigenvalue weighted by Crippen LogP contribution is 2.43. The SMILES string of the molecule is O=C=Nc1cc2c(cc1N1CCCCC1=O)OCO2. The lowest BCUT2D eigenvalue weighted by Crippen LogP contribution is -2.35. The number of amides is 1. The summed E-state index contributed by atoms with van der Waals surface area (Å²) in [6, 6.07) is 3.30. The van der Waals surface area contributed by atoms with Gasteiger partial charge in [0, 0.05) is 25.1 Å². The molecular weight excluding hydrogens is 248 g/mol. The van der Waals surface area contributed by atoms with E-state index in [4.69, 9.17) is 9.47 Å². The number of aliphatic imine (C=N–C) groups is 1. The van der Waals surface area contributed by atoms with Crippen molar-refractivity contribution in [1.29, 1.82) is 0 Å². The second kappa shape index (κ2) is 4.74. The minimum Gasteiger partial charge on any atom is -0.454 e. The number of nitrogens with zero attached hydrogens (tertiary/aromatic N) is 2. The van der Waals surface area contributed by atoms with E-state index in [9.17, 15) is 9.59 Å². The first kappa shape index (κ1) is 11.7. The minimum absolute atomic E-state index is 0.0347. The van der Waals surface area contributed by atoms with E-state index in [1.807, 2.05) is 0 Å². The Balaban J connectivity index is 2.07. The van der Waals surface area contributed by atoms with Crippen molar-refractivity contribution in [3.8, 4) is 11.5 Å². The van der Waals surface area contributed by atoms with Gasteiger partial charge in [0.2, 0.25) is 18.8 Å². The fraction of sp³-hybridized carbons (Fsp3) is 0.385. The maximum Gasteiger partial charge on any atom is 0.240 e. The summed E-state index contributed by atoms with van der Waals surface area (Å²) in [5, 5.41) is 0. The van der Waals surface area contributed by atoms with Gasteiger partial charge in [0.25, 0.3) is 0 Å². The molecule has 3 rings (SSSR count). The predicted octanol–water partition coefficient (Wildman–Crippen LogP) is 1.90. The van der Waals surface area contributed by atoms with Gasteiger partial charge in [-0.05, 0) is 12.8 Å². The lowest BCUT2D eigenvalue weighted by molar-refractivity contribution is -0.119. The quantitative estimate of drug-likeness (QED) is 0.601. The van der Waals surface area contributed by atoms with Crippen molar-refractivity contribution < 1.29 is 19.1 Å². The number of piperidine rings is 1. The van der Waals surface area contributed by atoms with Crippen molar-refractivity contribution in [3.05, 3.63) is 12.1 Å². The maximum absolute atomic E-state index is 12.0. The lowest BCUT2D eigenvalue weighted by atomic mass is 10.1. The van der Waals surface area contributed by atoms with E-state index in [1.165, 1.54) is 6.08 Å². The molecule has 98 valence electrons. The third-order valence-corrected chi connectivity index (χ3v) is 3.25. The Morgan fingerprint density at radius 2 is 2.00 bits per heavy atom. The molecule has 2 aliphatic heterocycles. The molecule has 0 radical (unpaired) electrons. The van der Waals surface area contributed by atoms with E-state index in [-0.39, 0.29) is 12.7 Å². The number of carbonyl (C=O) groups excluding carboxylic acids is 2. The highest BCUT2D eigenvalue weighted by atomic mass is 16.7. The van der Waals surface area contributed by atoms with Gasteiger partial charge in [-0.1, -0.05) is 0 Å². The third-order valence-electron chi connectivity index (χ3n) is 3.25. The zero-order valence-corrected chi connectivity index (χ0v) is 10.2. The molecule has 0 atom stereocenters. The van der Waals surface area contributed by atoms with Crippen LogP contribution in [0, 0.1) is 0 Å². The van der Waals surface area contributed by atoms with Gasteiger partial charge in [-0.25, -0.2) is 4.79 Å². The summed E-state index contributed by atoms with van der Waals surface area (Å²) < 4.78 is 10.5. The van der Waals surface area contributed by atoms with Crippen molar-refractivity contribution in [3.63, 3.8) is 0 Å². The summed E-state index contributed by atoms with van der Waals surface area (Å²) in [6.07, 6.45) is 3.85. The van der Waals surface area contributed by atoms with Crippen LogP contribution in [0.2, 0.25) is 0 Å². The molecular formula is C13H12N2O4. The number of benzene rings is 1. The first-order valence-corrected chi connectivity index (χ1v) is 6.11. The van der Waals surface area contributed by atoms with Gasteiger partial charge in [-0.15, -0.1) is 0 Å². The van der Waals surface area contributed by atoms with Crippen LogP contribution in [-0.4, -0.2) is 25.3 Å². The van der Waals surface area contributed by atoms with Crippen molar-refractivity contribution >= 4 is 23.4 Å². The second-order valence-electron chi connectivity index (χ2n) is 4.40. The average Bonchev–Trinajstić information content (AvgIpc) is 2.86. The van der Waals surface area contributed by atoms with Crippen LogP contribution in [0.15, 0.2) is 17.1 Å². The molecule has 6 heteroatoms. The van der Waals surface area contributed by atoms with Crippen LogP contribution in [0.5, 0.6) is 11.5 Å². The minimum atomic E-state index is 0.0347. The smallest absolute Gasteiger partial charge is 0.240 e. The molecule has 0 N–H and O–H groups in total. The maximum atomic E-state index is 12.0. The standard InChI is InChI=1S/C13H12N2O4/c16-7-14-9-5-11-12(19-8-18-11)6-10(9)15-4-2-1-3-13(15)17/h5-6H,1-4,8H2. The van der Waals surface area contributed by atoms with Crippen LogP contribution in [-0.2, 0) is 9.59 Å². The second-order valence-corrected chi connectivity index (χ2v) is 4.40. The molecule has 0 spiro atoms. The Morgan fingerprint density at radius 3 is 2.74 bits per heavy atom. The van der Waals surface area contributed by atoms with E-state index in [0.29, 0.717) is 35.8 Å². The van der Waals surface area contributed by atoms with Gasteiger partial charge in [0.15, 0.2) is 11.5 Å². The molecule has 1 amide bonds. The van der Waals surface area contributed by atoms with E-state index in [2.05, 4.69) is 4.99 Å². The van der Waals surface area contributed by atoms with Crippen LogP contribution in [0.1, 0.15) is 19.3 Å². The van der Waals surface area contributed by atoms with E-state index in [1.54, 1.807) is 17.0 Å². The number of rotatable bonds is 2. The van der Waals surface area contributed by atoms with Crippen LogP contribution < -0.4 is 14.4 Å². The zero-order chi connectivity index (χ0) is 13.2.